The maximum atomic E-state index is 10.8. The molecule has 15 heavy (non-hydrogen) atoms. The van der Waals surface area contributed by atoms with Gasteiger partial charge in [0.1, 0.15) is 6.61 Å². The summed E-state index contributed by atoms with van der Waals surface area (Å²) < 4.78 is 10.9. The van der Waals surface area contributed by atoms with E-state index < -0.39 is 0 Å². The summed E-state index contributed by atoms with van der Waals surface area (Å²) in [6, 6.07) is 7.34. The van der Waals surface area contributed by atoms with Crippen LogP contribution in [-0.2, 0) is 4.79 Å². The van der Waals surface area contributed by atoms with Gasteiger partial charge in [-0.15, -0.1) is 0 Å². The molecule has 1 aromatic rings. The molecule has 0 aromatic heterocycles. The van der Waals surface area contributed by atoms with Crippen LogP contribution in [0.15, 0.2) is 24.3 Å². The third kappa shape index (κ3) is 4.02. The van der Waals surface area contributed by atoms with E-state index in [0.717, 1.165) is 0 Å². The second-order valence-corrected chi connectivity index (χ2v) is 3.60. The highest BCUT2D eigenvalue weighted by atomic mass is 16.5. The Kier molecular flexibility index (Phi) is 4.16. The van der Waals surface area contributed by atoms with Gasteiger partial charge in [-0.25, -0.2) is 0 Å². The largest absolute Gasteiger partial charge is 0.487 e. The zero-order valence-electron chi connectivity index (χ0n) is 9.32. The van der Waals surface area contributed by atoms with Gasteiger partial charge in [0.25, 0.3) is 0 Å². The van der Waals surface area contributed by atoms with Crippen molar-refractivity contribution in [2.24, 2.45) is 0 Å². The normalized spacial score (nSPS) is 10.1. The maximum Gasteiger partial charge on any atom is 0.167 e. The van der Waals surface area contributed by atoms with E-state index in [1.807, 2.05) is 32.0 Å². The number of carbonyl (C=O) groups excluding carboxylic acids is 1. The zero-order chi connectivity index (χ0) is 11.3. The Morgan fingerprint density at radius 2 is 1.87 bits per heavy atom. The Labute approximate surface area is 90.0 Å². The minimum absolute atomic E-state index is 0.00523. The Morgan fingerprint density at radius 3 is 2.40 bits per heavy atom. The molecule has 0 saturated carbocycles. The van der Waals surface area contributed by atoms with Gasteiger partial charge in [0.15, 0.2) is 17.3 Å². The Balaban J connectivity index is 2.72. The fourth-order valence-electron chi connectivity index (χ4n) is 1.10. The van der Waals surface area contributed by atoms with Gasteiger partial charge in [-0.1, -0.05) is 12.1 Å². The lowest BCUT2D eigenvalue weighted by atomic mass is 10.3. The van der Waals surface area contributed by atoms with Gasteiger partial charge in [0.05, 0.1) is 6.10 Å². The second kappa shape index (κ2) is 5.39. The molecule has 0 N–H and O–H groups in total. The summed E-state index contributed by atoms with van der Waals surface area (Å²) in [6.45, 7) is 5.47. The van der Waals surface area contributed by atoms with Gasteiger partial charge in [0, 0.05) is 0 Å². The van der Waals surface area contributed by atoms with Crippen LogP contribution in [0.1, 0.15) is 20.8 Å². The van der Waals surface area contributed by atoms with Crippen molar-refractivity contribution >= 4 is 5.78 Å². The molecule has 0 aliphatic rings. The van der Waals surface area contributed by atoms with Crippen LogP contribution in [0.2, 0.25) is 0 Å². The van der Waals surface area contributed by atoms with Crippen molar-refractivity contribution in [3.63, 3.8) is 0 Å². The van der Waals surface area contributed by atoms with Crippen molar-refractivity contribution in [2.75, 3.05) is 6.61 Å². The third-order valence-electron chi connectivity index (χ3n) is 1.64. The van der Waals surface area contributed by atoms with Crippen LogP contribution >= 0.6 is 0 Å². The van der Waals surface area contributed by atoms with E-state index in [1.165, 1.54) is 6.92 Å². The number of hydrogen-bond acceptors (Lipinski definition) is 3. The molecule has 0 heterocycles. The molecule has 0 amide bonds. The lowest BCUT2D eigenvalue weighted by molar-refractivity contribution is -0.118. The van der Waals surface area contributed by atoms with Gasteiger partial charge < -0.3 is 9.47 Å². The van der Waals surface area contributed by atoms with E-state index in [2.05, 4.69) is 0 Å². The van der Waals surface area contributed by atoms with Gasteiger partial charge >= 0.3 is 0 Å². The van der Waals surface area contributed by atoms with Crippen LogP contribution in [0.4, 0.5) is 0 Å². The van der Waals surface area contributed by atoms with E-state index in [1.54, 1.807) is 6.07 Å². The average Bonchev–Trinajstić information content (AvgIpc) is 2.15. The molecule has 0 fully saturated rings. The minimum atomic E-state index is -0.00523. The first-order chi connectivity index (χ1) is 7.09. The van der Waals surface area contributed by atoms with Crippen molar-refractivity contribution < 1.29 is 14.3 Å². The van der Waals surface area contributed by atoms with Crippen LogP contribution < -0.4 is 9.47 Å². The van der Waals surface area contributed by atoms with Crippen LogP contribution in [0.3, 0.4) is 0 Å². The van der Waals surface area contributed by atoms with Crippen LogP contribution in [-0.4, -0.2) is 18.5 Å². The second-order valence-electron chi connectivity index (χ2n) is 3.60. The fourth-order valence-corrected chi connectivity index (χ4v) is 1.10. The first-order valence-electron chi connectivity index (χ1n) is 4.97. The number of ether oxygens (including phenoxy) is 2. The smallest absolute Gasteiger partial charge is 0.167 e. The average molecular weight is 208 g/mol. The highest BCUT2D eigenvalue weighted by molar-refractivity contribution is 5.77. The predicted molar refractivity (Wildman–Crippen MR) is 58.4 cm³/mol. The van der Waals surface area contributed by atoms with Gasteiger partial charge in [-0.3, -0.25) is 4.79 Å². The third-order valence-corrected chi connectivity index (χ3v) is 1.64. The fraction of sp³-hybridized carbons (Fsp3) is 0.417. The quantitative estimate of drug-likeness (QED) is 0.745. The molecule has 0 spiro atoms. The number of carbonyl (C=O) groups is 1. The lowest BCUT2D eigenvalue weighted by Crippen LogP contribution is -2.10. The summed E-state index contributed by atoms with van der Waals surface area (Å²) in [7, 11) is 0. The molecule has 0 aliphatic carbocycles. The van der Waals surface area contributed by atoms with Gasteiger partial charge in [-0.2, -0.15) is 0 Å². The standard InChI is InChI=1S/C12H16O3/c1-9(2)15-12-7-5-4-6-11(12)14-8-10(3)13/h4-7,9H,8H2,1-3H3. The topological polar surface area (TPSA) is 35.5 Å². The number of hydrogen-bond donors (Lipinski definition) is 0. The SMILES string of the molecule is CC(=O)COc1ccccc1OC(C)C. The predicted octanol–water partition coefficient (Wildman–Crippen LogP) is 2.44. The molecule has 0 bridgehead atoms. The van der Waals surface area contributed by atoms with E-state index in [9.17, 15) is 4.79 Å². The summed E-state index contributed by atoms with van der Waals surface area (Å²) in [5.41, 5.74) is 0. The van der Waals surface area contributed by atoms with Crippen LogP contribution in [0.5, 0.6) is 11.5 Å². The summed E-state index contributed by atoms with van der Waals surface area (Å²) in [4.78, 5) is 10.8. The summed E-state index contributed by atoms with van der Waals surface area (Å²) in [5.74, 6) is 1.28. The van der Waals surface area contributed by atoms with E-state index in [4.69, 9.17) is 9.47 Å². The summed E-state index contributed by atoms with van der Waals surface area (Å²) in [5, 5.41) is 0. The number of para-hydroxylation sites is 2. The molecule has 1 rings (SSSR count). The lowest BCUT2D eigenvalue weighted by Gasteiger charge is -2.13. The molecular weight excluding hydrogens is 192 g/mol. The van der Waals surface area contributed by atoms with Crippen molar-refractivity contribution in [2.45, 2.75) is 26.9 Å². The summed E-state index contributed by atoms with van der Waals surface area (Å²) in [6.07, 6.45) is 0.0899. The van der Waals surface area contributed by atoms with Gasteiger partial charge in [-0.05, 0) is 32.9 Å². The van der Waals surface area contributed by atoms with Crippen LogP contribution in [0.25, 0.3) is 0 Å². The number of ketones is 1. The number of benzene rings is 1. The van der Waals surface area contributed by atoms with E-state index >= 15 is 0 Å². The van der Waals surface area contributed by atoms with Crippen molar-refractivity contribution in [1.82, 2.24) is 0 Å². The highest BCUT2D eigenvalue weighted by Crippen LogP contribution is 2.27. The molecule has 3 heteroatoms. The minimum Gasteiger partial charge on any atom is -0.487 e. The van der Waals surface area contributed by atoms with Crippen LogP contribution in [0, 0.1) is 0 Å². The monoisotopic (exact) mass is 208 g/mol. The zero-order valence-corrected chi connectivity index (χ0v) is 9.32. The molecule has 0 unspecified atom stereocenters. The van der Waals surface area contributed by atoms with Crippen molar-refractivity contribution in [3.05, 3.63) is 24.3 Å². The molecule has 0 aliphatic heterocycles. The molecule has 82 valence electrons. The first-order valence-corrected chi connectivity index (χ1v) is 4.97. The Bertz CT molecular complexity index is 331. The Morgan fingerprint density at radius 1 is 1.27 bits per heavy atom. The Hall–Kier alpha value is -1.51. The van der Waals surface area contributed by atoms with E-state index in [-0.39, 0.29) is 18.5 Å². The summed E-state index contributed by atoms with van der Waals surface area (Å²) >= 11 is 0. The van der Waals surface area contributed by atoms with E-state index in [0.29, 0.717) is 11.5 Å². The molecular formula is C12H16O3. The molecule has 0 saturated heterocycles. The maximum absolute atomic E-state index is 10.8. The first kappa shape index (κ1) is 11.6. The number of Topliss-reactive ketones (excluding diaryl/α,β-unsaturated/α-hetero) is 1. The molecule has 3 nitrogen and oxygen atoms in total. The molecule has 1 aromatic carbocycles. The van der Waals surface area contributed by atoms with Crippen molar-refractivity contribution in [1.29, 1.82) is 0 Å². The number of rotatable bonds is 5. The van der Waals surface area contributed by atoms with Crippen molar-refractivity contribution in [3.8, 4) is 11.5 Å². The molecule has 0 atom stereocenters. The van der Waals surface area contributed by atoms with Gasteiger partial charge in [0.2, 0.25) is 0 Å². The highest BCUT2D eigenvalue weighted by Gasteiger charge is 2.06. The molecule has 0 radical (unpaired) electrons.